The molecular formula is C19H38N3O8P. The van der Waals surface area contributed by atoms with Crippen molar-refractivity contribution in [1.82, 2.24) is 16.0 Å². The first-order chi connectivity index (χ1) is 14.6. The molecule has 0 aliphatic rings. The van der Waals surface area contributed by atoms with Crippen molar-refractivity contribution < 1.29 is 38.2 Å². The molecule has 2 atom stereocenters. The van der Waals surface area contributed by atoms with Gasteiger partial charge in [0.1, 0.15) is 12.2 Å². The van der Waals surface area contributed by atoms with Crippen molar-refractivity contribution in [3.8, 4) is 0 Å². The second kappa shape index (κ2) is 16.0. The van der Waals surface area contributed by atoms with Gasteiger partial charge < -0.3 is 35.2 Å². The van der Waals surface area contributed by atoms with Gasteiger partial charge in [-0.3, -0.25) is 14.2 Å². The van der Waals surface area contributed by atoms with E-state index in [4.69, 9.17) is 14.2 Å². The number of carboxylic acid groups (broad SMARTS) is 1. The lowest BCUT2D eigenvalue weighted by atomic mass is 10.0. The third-order valence-corrected chi connectivity index (χ3v) is 6.15. The highest BCUT2D eigenvalue weighted by Crippen LogP contribution is 2.47. The van der Waals surface area contributed by atoms with Gasteiger partial charge in [-0.1, -0.05) is 13.8 Å². The molecule has 0 fully saturated rings. The fourth-order valence-electron chi connectivity index (χ4n) is 2.92. The van der Waals surface area contributed by atoms with Gasteiger partial charge in [0, 0.05) is 6.54 Å². The lowest BCUT2D eigenvalue weighted by Gasteiger charge is -2.22. The SMILES string of the molecule is CCOP(=O)(CC(=O)NCCCCC(NC(=O)O)C(=O)NC(CO)CC(C)C)OCC. The molecule has 0 spiro atoms. The zero-order valence-electron chi connectivity index (χ0n) is 18.9. The molecule has 2 unspecified atom stereocenters. The summed E-state index contributed by atoms with van der Waals surface area (Å²) < 4.78 is 22.5. The van der Waals surface area contributed by atoms with E-state index in [0.717, 1.165) is 0 Å². The number of rotatable bonds is 17. The lowest BCUT2D eigenvalue weighted by molar-refractivity contribution is -0.124. The van der Waals surface area contributed by atoms with Crippen LogP contribution in [0.3, 0.4) is 0 Å². The van der Waals surface area contributed by atoms with Crippen LogP contribution in [0, 0.1) is 5.92 Å². The van der Waals surface area contributed by atoms with Crippen LogP contribution in [-0.2, 0) is 23.2 Å². The van der Waals surface area contributed by atoms with E-state index in [-0.39, 0.29) is 44.9 Å². The normalized spacial score (nSPS) is 13.5. The van der Waals surface area contributed by atoms with E-state index in [2.05, 4.69) is 16.0 Å². The minimum atomic E-state index is -3.46. The standard InChI is InChI=1S/C19H38N3O8P/c1-5-29-31(28,30-6-2)13-17(24)20-10-8-7-9-16(22-19(26)27)18(25)21-15(12-23)11-14(3)4/h14-16,22-23H,5-13H2,1-4H3,(H,20,24)(H,21,25)(H,26,27). The maximum Gasteiger partial charge on any atom is 0.405 e. The van der Waals surface area contributed by atoms with Gasteiger partial charge in [-0.25, -0.2) is 4.79 Å². The smallest absolute Gasteiger partial charge is 0.405 e. The summed E-state index contributed by atoms with van der Waals surface area (Å²) in [4.78, 5) is 35.4. The zero-order chi connectivity index (χ0) is 23.9. The van der Waals surface area contributed by atoms with Gasteiger partial charge in [0.05, 0.1) is 25.9 Å². The molecule has 31 heavy (non-hydrogen) atoms. The number of carbonyl (C=O) groups is 3. The average molecular weight is 468 g/mol. The van der Waals surface area contributed by atoms with Gasteiger partial charge in [-0.05, 0) is 45.4 Å². The predicted octanol–water partition coefficient (Wildman–Crippen LogP) is 1.70. The number of aliphatic hydroxyl groups excluding tert-OH is 1. The Bertz CT molecular complexity index is 593. The van der Waals surface area contributed by atoms with E-state index in [1.165, 1.54) is 0 Å². The molecule has 11 nitrogen and oxygen atoms in total. The largest absolute Gasteiger partial charge is 0.465 e. The molecule has 0 heterocycles. The molecule has 0 rings (SSSR count). The molecule has 0 bridgehead atoms. The summed E-state index contributed by atoms with van der Waals surface area (Å²) in [7, 11) is -3.46. The van der Waals surface area contributed by atoms with E-state index < -0.39 is 37.6 Å². The maximum absolute atomic E-state index is 12.4. The highest BCUT2D eigenvalue weighted by atomic mass is 31.2. The summed E-state index contributed by atoms with van der Waals surface area (Å²) in [5.41, 5.74) is 0. The summed E-state index contributed by atoms with van der Waals surface area (Å²) in [6.07, 6.45) is 0.0474. The highest BCUT2D eigenvalue weighted by Gasteiger charge is 2.27. The van der Waals surface area contributed by atoms with Crippen LogP contribution in [0.15, 0.2) is 0 Å². The number of carbonyl (C=O) groups excluding carboxylic acids is 2. The Morgan fingerprint density at radius 3 is 2.13 bits per heavy atom. The second-order valence-electron chi connectivity index (χ2n) is 7.47. The number of nitrogens with one attached hydrogen (secondary N) is 3. The molecule has 0 saturated carbocycles. The van der Waals surface area contributed by atoms with Gasteiger partial charge in [-0.15, -0.1) is 0 Å². The first-order valence-electron chi connectivity index (χ1n) is 10.6. The molecule has 0 saturated heterocycles. The molecular weight excluding hydrogens is 429 g/mol. The minimum Gasteiger partial charge on any atom is -0.465 e. The van der Waals surface area contributed by atoms with E-state index >= 15 is 0 Å². The molecule has 0 aliphatic carbocycles. The highest BCUT2D eigenvalue weighted by molar-refractivity contribution is 7.54. The van der Waals surface area contributed by atoms with Crippen molar-refractivity contribution in [2.24, 2.45) is 5.92 Å². The molecule has 3 amide bonds. The van der Waals surface area contributed by atoms with E-state index in [1.807, 2.05) is 13.8 Å². The minimum absolute atomic E-state index is 0.166. The summed E-state index contributed by atoms with van der Waals surface area (Å²) in [6.45, 7) is 7.60. The van der Waals surface area contributed by atoms with Crippen LogP contribution in [0.5, 0.6) is 0 Å². The van der Waals surface area contributed by atoms with Crippen LogP contribution < -0.4 is 16.0 Å². The Morgan fingerprint density at radius 1 is 1.03 bits per heavy atom. The van der Waals surface area contributed by atoms with Gasteiger partial charge in [0.2, 0.25) is 11.8 Å². The van der Waals surface area contributed by atoms with Crippen LogP contribution in [0.4, 0.5) is 4.79 Å². The van der Waals surface area contributed by atoms with Crippen molar-refractivity contribution in [2.45, 2.75) is 65.5 Å². The fourth-order valence-corrected chi connectivity index (χ4v) is 4.43. The fraction of sp³-hybridized carbons (Fsp3) is 0.842. The van der Waals surface area contributed by atoms with Crippen LogP contribution >= 0.6 is 7.60 Å². The van der Waals surface area contributed by atoms with Gasteiger partial charge >= 0.3 is 13.7 Å². The van der Waals surface area contributed by atoms with Crippen molar-refractivity contribution in [2.75, 3.05) is 32.5 Å². The van der Waals surface area contributed by atoms with Gasteiger partial charge in [0.15, 0.2) is 0 Å². The van der Waals surface area contributed by atoms with Crippen LogP contribution in [0.25, 0.3) is 0 Å². The maximum atomic E-state index is 12.4. The molecule has 0 aromatic heterocycles. The Hall–Kier alpha value is -1.68. The average Bonchev–Trinajstić information content (AvgIpc) is 2.65. The molecule has 0 aromatic carbocycles. The summed E-state index contributed by atoms with van der Waals surface area (Å²) in [6, 6.07) is -1.42. The van der Waals surface area contributed by atoms with Crippen LogP contribution in [0.1, 0.15) is 53.4 Å². The zero-order valence-corrected chi connectivity index (χ0v) is 19.8. The Balaban J connectivity index is 4.51. The van der Waals surface area contributed by atoms with Crippen LogP contribution in [-0.4, -0.2) is 72.7 Å². The first kappa shape index (κ1) is 29.3. The Kier molecular flexibility index (Phi) is 15.2. The Labute approximate surface area is 184 Å². The van der Waals surface area contributed by atoms with Crippen molar-refractivity contribution >= 4 is 25.5 Å². The second-order valence-corrected chi connectivity index (χ2v) is 9.52. The number of unbranched alkanes of at least 4 members (excludes halogenated alkanes) is 1. The predicted molar refractivity (Wildman–Crippen MR) is 116 cm³/mol. The number of aliphatic hydroxyl groups is 1. The van der Waals surface area contributed by atoms with E-state index in [9.17, 15) is 24.1 Å². The molecule has 5 N–H and O–H groups in total. The topological polar surface area (TPSA) is 163 Å². The quantitative estimate of drug-likeness (QED) is 0.159. The van der Waals surface area contributed by atoms with E-state index in [0.29, 0.717) is 19.3 Å². The summed E-state index contributed by atoms with van der Waals surface area (Å²) in [5.74, 6) is -0.712. The first-order valence-corrected chi connectivity index (χ1v) is 12.3. The van der Waals surface area contributed by atoms with E-state index in [1.54, 1.807) is 13.8 Å². The van der Waals surface area contributed by atoms with Crippen molar-refractivity contribution in [3.05, 3.63) is 0 Å². The third kappa shape index (κ3) is 14.1. The molecule has 182 valence electrons. The Morgan fingerprint density at radius 2 is 1.65 bits per heavy atom. The molecule has 0 aromatic rings. The van der Waals surface area contributed by atoms with Gasteiger partial charge in [-0.2, -0.15) is 0 Å². The summed E-state index contributed by atoms with van der Waals surface area (Å²) >= 11 is 0. The lowest BCUT2D eigenvalue weighted by Crippen LogP contribution is -2.50. The number of amides is 3. The van der Waals surface area contributed by atoms with Crippen LogP contribution in [0.2, 0.25) is 0 Å². The monoisotopic (exact) mass is 467 g/mol. The molecule has 0 radical (unpaired) electrons. The number of hydrogen-bond acceptors (Lipinski definition) is 7. The third-order valence-electron chi connectivity index (χ3n) is 4.17. The number of hydrogen-bond donors (Lipinski definition) is 5. The summed E-state index contributed by atoms with van der Waals surface area (Å²) in [5, 5.41) is 25.9. The van der Waals surface area contributed by atoms with Crippen molar-refractivity contribution in [1.29, 1.82) is 0 Å². The van der Waals surface area contributed by atoms with Crippen molar-refractivity contribution in [3.63, 3.8) is 0 Å². The molecule has 0 aliphatic heterocycles. The molecule has 12 heteroatoms. The van der Waals surface area contributed by atoms with Gasteiger partial charge in [0.25, 0.3) is 0 Å².